The normalized spacial score (nSPS) is 30.3. The minimum absolute atomic E-state index is 0.000903. The number of unbranched alkanes of at least 4 members (excludes halogenated alkanes) is 1. The van der Waals surface area contributed by atoms with Crippen LogP contribution in [0.15, 0.2) is 35.8 Å². The maximum Gasteiger partial charge on any atom is 0.229 e. The Kier molecular flexibility index (Phi) is 5.50. The third kappa shape index (κ3) is 3.62. The van der Waals surface area contributed by atoms with Gasteiger partial charge in [0, 0.05) is 36.0 Å². The van der Waals surface area contributed by atoms with E-state index >= 15 is 0 Å². The number of Topliss-reactive ketones (excluding diaryl/α,β-unsaturated/α-hetero) is 1. The average molecular weight is 387 g/mol. The molecule has 0 radical (unpaired) electrons. The molecule has 144 valence electrons. The van der Waals surface area contributed by atoms with E-state index in [0.717, 1.165) is 48.3 Å². The smallest absolute Gasteiger partial charge is 0.229 e. The number of ketones is 1. The van der Waals surface area contributed by atoms with Gasteiger partial charge in [-0.25, -0.2) is 0 Å². The van der Waals surface area contributed by atoms with Gasteiger partial charge in [0.1, 0.15) is 5.50 Å². The van der Waals surface area contributed by atoms with E-state index < -0.39 is 0 Å². The summed E-state index contributed by atoms with van der Waals surface area (Å²) in [5, 5.41) is 10.1. The van der Waals surface area contributed by atoms with Gasteiger partial charge in [0.25, 0.3) is 0 Å². The zero-order valence-corrected chi connectivity index (χ0v) is 16.3. The molecule has 4 rings (SSSR count). The van der Waals surface area contributed by atoms with Gasteiger partial charge in [-0.1, -0.05) is 19.4 Å². The summed E-state index contributed by atoms with van der Waals surface area (Å²) in [6.45, 7) is 2.17. The molecule has 27 heavy (non-hydrogen) atoms. The first-order valence-electron chi connectivity index (χ1n) is 9.79. The highest BCUT2D eigenvalue weighted by atomic mass is 32.2. The summed E-state index contributed by atoms with van der Waals surface area (Å²) in [7, 11) is 0. The Morgan fingerprint density at radius 1 is 1.26 bits per heavy atom. The van der Waals surface area contributed by atoms with Gasteiger partial charge >= 0.3 is 0 Å². The van der Waals surface area contributed by atoms with Crippen LogP contribution >= 0.6 is 11.8 Å². The van der Waals surface area contributed by atoms with E-state index in [1.54, 1.807) is 24.2 Å². The molecule has 1 aromatic heterocycles. The van der Waals surface area contributed by atoms with Crippen LogP contribution in [0, 0.1) is 5.92 Å². The predicted octanol–water partition coefficient (Wildman–Crippen LogP) is 2.25. The molecule has 0 spiro atoms. The van der Waals surface area contributed by atoms with Crippen molar-refractivity contribution in [1.82, 2.24) is 20.9 Å². The van der Waals surface area contributed by atoms with Crippen molar-refractivity contribution in [1.29, 1.82) is 0 Å². The third-order valence-electron chi connectivity index (χ3n) is 5.55. The van der Waals surface area contributed by atoms with Crippen LogP contribution in [0.2, 0.25) is 0 Å². The number of hydrogen-bond donors (Lipinski definition) is 3. The number of hydrogen-bond acceptors (Lipinski definition) is 6. The Bertz CT molecular complexity index is 752. The Hall–Kier alpha value is -1.86. The van der Waals surface area contributed by atoms with Gasteiger partial charge in [-0.15, -0.1) is 11.8 Å². The number of pyridine rings is 1. The van der Waals surface area contributed by atoms with Crippen LogP contribution < -0.4 is 16.0 Å². The maximum atomic E-state index is 13.1. The molecule has 0 saturated carbocycles. The lowest BCUT2D eigenvalue weighted by Gasteiger charge is -2.47. The lowest BCUT2D eigenvalue weighted by atomic mass is 9.71. The van der Waals surface area contributed by atoms with Crippen molar-refractivity contribution in [2.75, 3.05) is 5.75 Å². The zero-order chi connectivity index (χ0) is 18.8. The van der Waals surface area contributed by atoms with E-state index in [1.165, 1.54) is 0 Å². The van der Waals surface area contributed by atoms with E-state index in [0.29, 0.717) is 6.42 Å². The Labute approximate surface area is 164 Å². The summed E-state index contributed by atoms with van der Waals surface area (Å²) in [5.41, 5.74) is 2.62. The number of aromatic nitrogens is 1. The molecule has 1 saturated heterocycles. The van der Waals surface area contributed by atoms with Gasteiger partial charge in [0.2, 0.25) is 5.91 Å². The van der Waals surface area contributed by atoms with Crippen LogP contribution in [-0.4, -0.2) is 34.1 Å². The van der Waals surface area contributed by atoms with Crippen molar-refractivity contribution in [2.24, 2.45) is 5.92 Å². The molecule has 7 heteroatoms. The summed E-state index contributed by atoms with van der Waals surface area (Å²) < 4.78 is 0. The lowest BCUT2D eigenvalue weighted by molar-refractivity contribution is -0.130. The molecule has 0 bridgehead atoms. The molecule has 3 heterocycles. The fraction of sp³-hybridized carbons (Fsp3) is 0.550. The number of allylic oxidation sites excluding steroid dienone is 2. The van der Waals surface area contributed by atoms with Crippen LogP contribution in [-0.2, 0) is 9.59 Å². The van der Waals surface area contributed by atoms with Crippen molar-refractivity contribution in [3.63, 3.8) is 0 Å². The number of nitrogens with one attached hydrogen (secondary N) is 3. The van der Waals surface area contributed by atoms with Gasteiger partial charge in [-0.2, -0.15) is 0 Å². The van der Waals surface area contributed by atoms with E-state index in [4.69, 9.17) is 0 Å². The van der Waals surface area contributed by atoms with Gasteiger partial charge < -0.3 is 10.6 Å². The van der Waals surface area contributed by atoms with Crippen molar-refractivity contribution in [2.45, 2.75) is 56.6 Å². The first-order valence-corrected chi connectivity index (χ1v) is 10.8. The number of carbonyl (C=O) groups excluding carboxylic acids is 2. The number of thioether (sulfide) groups is 1. The van der Waals surface area contributed by atoms with E-state index in [9.17, 15) is 9.59 Å². The number of carbonyl (C=O) groups is 2. The van der Waals surface area contributed by atoms with Crippen LogP contribution in [0.5, 0.6) is 0 Å². The van der Waals surface area contributed by atoms with Crippen LogP contribution in [0.25, 0.3) is 0 Å². The highest BCUT2D eigenvalue weighted by molar-refractivity contribution is 7.99. The molecule has 1 amide bonds. The minimum atomic E-state index is -0.363. The number of amides is 1. The Morgan fingerprint density at radius 2 is 2.15 bits per heavy atom. The second kappa shape index (κ2) is 8.02. The van der Waals surface area contributed by atoms with E-state index in [-0.39, 0.29) is 35.2 Å². The molecule has 2 aliphatic heterocycles. The molecule has 6 nitrogen and oxygen atoms in total. The molecule has 3 N–H and O–H groups in total. The third-order valence-corrected chi connectivity index (χ3v) is 6.66. The lowest BCUT2D eigenvalue weighted by Crippen LogP contribution is -2.67. The summed E-state index contributed by atoms with van der Waals surface area (Å²) in [5.74, 6) is 0.548. The van der Waals surface area contributed by atoms with Gasteiger partial charge in [-0.3, -0.25) is 19.9 Å². The summed E-state index contributed by atoms with van der Waals surface area (Å²) in [4.78, 5) is 30.1. The summed E-state index contributed by atoms with van der Waals surface area (Å²) >= 11 is 1.73. The topological polar surface area (TPSA) is 83.1 Å². The summed E-state index contributed by atoms with van der Waals surface area (Å²) in [6, 6.07) is 3.85. The first kappa shape index (κ1) is 18.5. The largest absolute Gasteiger partial charge is 0.372 e. The fourth-order valence-corrected chi connectivity index (χ4v) is 5.40. The minimum Gasteiger partial charge on any atom is -0.372 e. The van der Waals surface area contributed by atoms with Crippen LogP contribution in [0.1, 0.15) is 50.5 Å². The number of nitrogens with zero attached hydrogens (tertiary/aromatic N) is 1. The zero-order valence-electron chi connectivity index (χ0n) is 15.5. The Morgan fingerprint density at radius 3 is 2.93 bits per heavy atom. The van der Waals surface area contributed by atoms with E-state index in [1.807, 2.05) is 12.1 Å². The van der Waals surface area contributed by atoms with Crippen molar-refractivity contribution < 1.29 is 9.59 Å². The SMILES string of the molecule is CCCCSC1NC(=O)C2C(NC3=C(C(=O)CCC3)C2c2cccnc2)N1. The van der Waals surface area contributed by atoms with Crippen molar-refractivity contribution in [3.05, 3.63) is 41.4 Å². The van der Waals surface area contributed by atoms with Crippen molar-refractivity contribution >= 4 is 23.5 Å². The predicted molar refractivity (Wildman–Crippen MR) is 106 cm³/mol. The van der Waals surface area contributed by atoms with Gasteiger partial charge in [-0.05, 0) is 36.6 Å². The highest BCUT2D eigenvalue weighted by Gasteiger charge is 2.49. The van der Waals surface area contributed by atoms with E-state index in [2.05, 4.69) is 27.9 Å². The fourth-order valence-electron chi connectivity index (χ4n) is 4.27. The molecule has 4 atom stereocenters. The van der Waals surface area contributed by atoms with Crippen LogP contribution in [0.3, 0.4) is 0 Å². The molecular weight excluding hydrogens is 360 g/mol. The van der Waals surface area contributed by atoms with Crippen molar-refractivity contribution in [3.8, 4) is 0 Å². The number of fused-ring (bicyclic) bond motifs is 1. The van der Waals surface area contributed by atoms with Gasteiger partial charge in [0.15, 0.2) is 5.78 Å². The molecule has 3 aliphatic rings. The second-order valence-electron chi connectivity index (χ2n) is 7.36. The van der Waals surface area contributed by atoms with Gasteiger partial charge in [0.05, 0.1) is 12.1 Å². The quantitative estimate of drug-likeness (QED) is 0.674. The van der Waals surface area contributed by atoms with Crippen LogP contribution in [0.4, 0.5) is 0 Å². The monoisotopic (exact) mass is 386 g/mol. The maximum absolute atomic E-state index is 13.1. The Balaban J connectivity index is 1.67. The average Bonchev–Trinajstić information content (AvgIpc) is 2.67. The second-order valence-corrected chi connectivity index (χ2v) is 8.57. The summed E-state index contributed by atoms with van der Waals surface area (Å²) in [6.07, 6.45) is 7.88. The molecule has 1 fully saturated rings. The number of rotatable bonds is 5. The molecule has 1 aliphatic carbocycles. The molecule has 0 aromatic carbocycles. The molecular formula is C20H26N4O2S. The molecule has 4 unspecified atom stereocenters. The first-order chi connectivity index (χ1) is 13.2. The standard InChI is InChI=1S/C20H26N4O2S/c1-2-3-10-27-20-23-18-17(19(26)24-20)15(12-6-5-9-21-11-12)16-13(22-18)7-4-8-14(16)25/h5-6,9,11,15,17-18,20,22-23H,2-4,7-8,10H2,1H3,(H,24,26). The highest BCUT2D eigenvalue weighted by Crippen LogP contribution is 2.43. The molecule has 1 aromatic rings.